The van der Waals surface area contributed by atoms with Gasteiger partial charge in [0.25, 0.3) is 0 Å². The van der Waals surface area contributed by atoms with Gasteiger partial charge in [0.1, 0.15) is 11.2 Å². The average Bonchev–Trinajstić information content (AvgIpc) is 3.05. The van der Waals surface area contributed by atoms with Crippen molar-refractivity contribution in [3.8, 4) is 5.75 Å². The zero-order valence-electron chi connectivity index (χ0n) is 14.7. The molecule has 1 aliphatic heterocycles. The smallest absolute Gasteiger partial charge is 0.242 e. The Labute approximate surface area is 147 Å². The largest absolute Gasteiger partial charge is 0.495 e. The highest BCUT2D eigenvalue weighted by atomic mass is 16.5. The molecule has 0 radical (unpaired) electrons. The first-order chi connectivity index (χ1) is 11.9. The third-order valence-corrected chi connectivity index (χ3v) is 4.59. The van der Waals surface area contributed by atoms with Crippen LogP contribution in [0, 0.1) is 5.41 Å². The van der Waals surface area contributed by atoms with Crippen LogP contribution >= 0.6 is 0 Å². The van der Waals surface area contributed by atoms with E-state index in [1.165, 1.54) is 0 Å². The number of nitrogens with zero attached hydrogens (tertiary/aromatic N) is 1. The number of fused-ring (bicyclic) bond motifs is 1. The van der Waals surface area contributed by atoms with E-state index in [-0.39, 0.29) is 11.8 Å². The predicted molar refractivity (Wildman–Crippen MR) is 97.9 cm³/mol. The molecule has 2 aromatic carbocycles. The Bertz CT molecular complexity index is 814. The first kappa shape index (κ1) is 17.0. The first-order valence-electron chi connectivity index (χ1n) is 8.29. The van der Waals surface area contributed by atoms with E-state index >= 15 is 0 Å². The number of amides is 2. The predicted octanol–water partition coefficient (Wildman–Crippen LogP) is 3.25. The summed E-state index contributed by atoms with van der Waals surface area (Å²) >= 11 is 0. The topological polar surface area (TPSA) is 58.6 Å². The Kier molecular flexibility index (Phi) is 4.49. The highest BCUT2D eigenvalue weighted by Crippen LogP contribution is 2.33. The molecule has 0 fully saturated rings. The normalized spacial score (nSPS) is 13.3. The molecule has 0 aliphatic carbocycles. The molecule has 1 heterocycles. The van der Waals surface area contributed by atoms with Crippen LogP contribution < -0.4 is 15.0 Å². The summed E-state index contributed by atoms with van der Waals surface area (Å²) in [5, 5.41) is 2.82. The second kappa shape index (κ2) is 6.59. The number of methoxy groups -OCH3 is 1. The van der Waals surface area contributed by atoms with Crippen LogP contribution in [0.15, 0.2) is 48.5 Å². The number of para-hydroxylation sites is 3. The third-order valence-electron chi connectivity index (χ3n) is 4.59. The van der Waals surface area contributed by atoms with Crippen LogP contribution in [0.5, 0.6) is 5.75 Å². The van der Waals surface area contributed by atoms with Crippen molar-refractivity contribution in [2.45, 2.75) is 20.3 Å². The van der Waals surface area contributed by atoms with Gasteiger partial charge in [-0.2, -0.15) is 0 Å². The van der Waals surface area contributed by atoms with Gasteiger partial charge < -0.3 is 15.0 Å². The average molecular weight is 338 g/mol. The molecular formula is C20H22N2O3. The van der Waals surface area contributed by atoms with Gasteiger partial charge in [-0.25, -0.2) is 0 Å². The minimum Gasteiger partial charge on any atom is -0.495 e. The number of nitrogens with one attached hydrogen (secondary N) is 1. The van der Waals surface area contributed by atoms with E-state index in [1.54, 1.807) is 38.0 Å². The summed E-state index contributed by atoms with van der Waals surface area (Å²) in [6.45, 7) is 3.91. The quantitative estimate of drug-likeness (QED) is 0.871. The zero-order chi connectivity index (χ0) is 18.0. The first-order valence-corrected chi connectivity index (χ1v) is 8.29. The van der Waals surface area contributed by atoms with Gasteiger partial charge in [-0.1, -0.05) is 30.3 Å². The number of rotatable bonds is 4. The van der Waals surface area contributed by atoms with E-state index in [2.05, 4.69) is 5.32 Å². The van der Waals surface area contributed by atoms with Crippen LogP contribution in [0.3, 0.4) is 0 Å². The maximum absolute atomic E-state index is 13.0. The minimum atomic E-state index is -1.20. The molecule has 5 heteroatoms. The fourth-order valence-corrected chi connectivity index (χ4v) is 3.01. The number of hydrogen-bond acceptors (Lipinski definition) is 3. The van der Waals surface area contributed by atoms with Gasteiger partial charge in [0.05, 0.1) is 12.8 Å². The summed E-state index contributed by atoms with van der Waals surface area (Å²) in [6, 6.07) is 15.0. The van der Waals surface area contributed by atoms with E-state index < -0.39 is 5.41 Å². The van der Waals surface area contributed by atoms with Gasteiger partial charge in [0, 0.05) is 12.2 Å². The van der Waals surface area contributed by atoms with Crippen LogP contribution in [0.25, 0.3) is 0 Å². The second-order valence-electron chi connectivity index (χ2n) is 6.61. The molecule has 0 unspecified atom stereocenters. The highest BCUT2D eigenvalue weighted by molar-refractivity contribution is 6.15. The van der Waals surface area contributed by atoms with E-state index in [1.807, 2.05) is 36.4 Å². The van der Waals surface area contributed by atoms with Crippen LogP contribution in [0.1, 0.15) is 19.4 Å². The Morgan fingerprint density at radius 2 is 1.76 bits per heavy atom. The lowest BCUT2D eigenvalue weighted by molar-refractivity contribution is -0.136. The molecule has 5 nitrogen and oxygen atoms in total. The fourth-order valence-electron chi connectivity index (χ4n) is 3.01. The van der Waals surface area contributed by atoms with E-state index in [4.69, 9.17) is 4.74 Å². The van der Waals surface area contributed by atoms with E-state index in [0.717, 1.165) is 17.7 Å². The summed E-state index contributed by atoms with van der Waals surface area (Å²) < 4.78 is 5.26. The van der Waals surface area contributed by atoms with Gasteiger partial charge in [-0.15, -0.1) is 0 Å². The van der Waals surface area contributed by atoms with E-state index in [9.17, 15) is 9.59 Å². The zero-order valence-corrected chi connectivity index (χ0v) is 14.7. The molecule has 1 N–H and O–H groups in total. The van der Waals surface area contributed by atoms with Crippen molar-refractivity contribution in [2.24, 2.45) is 5.41 Å². The number of anilines is 2. The van der Waals surface area contributed by atoms with Gasteiger partial charge in [0.15, 0.2) is 0 Å². The molecular weight excluding hydrogens is 316 g/mol. The second-order valence-corrected chi connectivity index (χ2v) is 6.61. The number of carbonyl (C=O) groups excluding carboxylic acids is 2. The van der Waals surface area contributed by atoms with Crippen LogP contribution in [-0.4, -0.2) is 25.5 Å². The SMILES string of the molecule is COc1ccccc1NC(=O)C(C)(C)C(=O)N1CCc2ccccc21. The van der Waals surface area contributed by atoms with Crippen molar-refractivity contribution in [3.63, 3.8) is 0 Å². The van der Waals surface area contributed by atoms with Crippen molar-refractivity contribution in [1.82, 2.24) is 0 Å². The summed E-state index contributed by atoms with van der Waals surface area (Å²) in [4.78, 5) is 27.6. The molecule has 2 aromatic rings. The number of ether oxygens (including phenoxy) is 1. The lowest BCUT2D eigenvalue weighted by Gasteiger charge is -2.28. The van der Waals surface area contributed by atoms with Gasteiger partial charge in [0.2, 0.25) is 11.8 Å². The van der Waals surface area contributed by atoms with Crippen molar-refractivity contribution in [2.75, 3.05) is 23.9 Å². The number of benzene rings is 2. The van der Waals surface area contributed by atoms with Gasteiger partial charge >= 0.3 is 0 Å². The molecule has 0 aromatic heterocycles. The molecule has 0 spiro atoms. The Hall–Kier alpha value is -2.82. The molecule has 0 bridgehead atoms. The molecule has 130 valence electrons. The standard InChI is InChI=1S/C20H22N2O3/c1-20(2,18(23)21-15-9-5-7-11-17(15)25-3)19(24)22-13-12-14-8-4-6-10-16(14)22/h4-11H,12-13H2,1-3H3,(H,21,23). The summed E-state index contributed by atoms with van der Waals surface area (Å²) in [6.07, 6.45) is 0.812. The Morgan fingerprint density at radius 1 is 1.08 bits per heavy atom. The van der Waals surface area contributed by atoms with Crippen molar-refractivity contribution in [3.05, 3.63) is 54.1 Å². The molecule has 3 rings (SSSR count). The van der Waals surface area contributed by atoms with Crippen molar-refractivity contribution >= 4 is 23.2 Å². The number of carbonyl (C=O) groups is 2. The maximum atomic E-state index is 13.0. The molecule has 2 amide bonds. The lowest BCUT2D eigenvalue weighted by Crippen LogP contribution is -2.47. The number of hydrogen-bond donors (Lipinski definition) is 1. The van der Waals surface area contributed by atoms with Crippen LogP contribution in [0.4, 0.5) is 11.4 Å². The Balaban J connectivity index is 1.81. The van der Waals surface area contributed by atoms with Gasteiger partial charge in [-0.3, -0.25) is 9.59 Å². The Morgan fingerprint density at radius 3 is 2.52 bits per heavy atom. The van der Waals surface area contributed by atoms with Crippen LogP contribution in [-0.2, 0) is 16.0 Å². The van der Waals surface area contributed by atoms with Gasteiger partial charge in [-0.05, 0) is 44.0 Å². The molecule has 25 heavy (non-hydrogen) atoms. The highest BCUT2D eigenvalue weighted by Gasteiger charge is 2.41. The van der Waals surface area contributed by atoms with Crippen molar-refractivity contribution < 1.29 is 14.3 Å². The van der Waals surface area contributed by atoms with Crippen molar-refractivity contribution in [1.29, 1.82) is 0 Å². The lowest BCUT2D eigenvalue weighted by atomic mass is 9.90. The summed E-state index contributed by atoms with van der Waals surface area (Å²) in [5.74, 6) is 0.00171. The monoisotopic (exact) mass is 338 g/mol. The summed E-state index contributed by atoms with van der Waals surface area (Å²) in [5.41, 5.74) is 1.39. The molecule has 0 saturated heterocycles. The third kappa shape index (κ3) is 3.09. The fraction of sp³-hybridized carbons (Fsp3) is 0.300. The van der Waals surface area contributed by atoms with Crippen LogP contribution in [0.2, 0.25) is 0 Å². The van der Waals surface area contributed by atoms with E-state index in [0.29, 0.717) is 18.0 Å². The molecule has 0 saturated carbocycles. The minimum absolute atomic E-state index is 0.204. The summed E-state index contributed by atoms with van der Waals surface area (Å²) in [7, 11) is 1.54. The maximum Gasteiger partial charge on any atom is 0.242 e. The molecule has 0 atom stereocenters. The molecule has 1 aliphatic rings.